The van der Waals surface area contributed by atoms with E-state index in [0.717, 1.165) is 0 Å². The summed E-state index contributed by atoms with van der Waals surface area (Å²) in [6.45, 7) is 0. The smallest absolute Gasteiger partial charge is 0.423 e. The first-order valence-electron chi connectivity index (χ1n) is 2.55. The summed E-state index contributed by atoms with van der Waals surface area (Å²) in [7, 11) is 0.310. The van der Waals surface area contributed by atoms with E-state index < -0.39 is 7.12 Å². The molecule has 4 nitrogen and oxygen atoms in total. The van der Waals surface area contributed by atoms with Crippen LogP contribution in [0.15, 0.2) is 12.4 Å². The van der Waals surface area contributed by atoms with Gasteiger partial charge < -0.3 is 10.0 Å². The molecule has 0 fully saturated rings. The van der Waals surface area contributed by atoms with E-state index >= 15 is 0 Å². The van der Waals surface area contributed by atoms with Crippen LogP contribution in [0.1, 0.15) is 0 Å². The van der Waals surface area contributed by atoms with Crippen LogP contribution in [-0.4, -0.2) is 26.9 Å². The third-order valence-corrected chi connectivity index (χ3v) is 1.02. The van der Waals surface area contributed by atoms with E-state index in [1.165, 1.54) is 10.9 Å². The van der Waals surface area contributed by atoms with Crippen LogP contribution in [0.5, 0.6) is 0 Å². The van der Waals surface area contributed by atoms with Crippen molar-refractivity contribution in [1.29, 1.82) is 0 Å². The Bertz CT molecular complexity index is 198. The summed E-state index contributed by atoms with van der Waals surface area (Å²) in [5, 5.41) is 20.8. The Hall–Kier alpha value is -0.805. The molecule has 1 aromatic heterocycles. The molecule has 2 N–H and O–H groups in total. The van der Waals surface area contributed by atoms with Gasteiger partial charge in [-0.3, -0.25) is 4.68 Å². The van der Waals surface area contributed by atoms with Crippen molar-refractivity contribution in [3.8, 4) is 0 Å². The third kappa shape index (κ3) is 1.31. The highest BCUT2D eigenvalue weighted by Gasteiger charge is 2.11. The van der Waals surface area contributed by atoms with Gasteiger partial charge in [0.05, 0.1) is 0 Å². The molecule has 48 valence electrons. The summed E-state index contributed by atoms with van der Waals surface area (Å²) in [5.74, 6) is 0. The highest BCUT2D eigenvalue weighted by molar-refractivity contribution is 6.58. The second kappa shape index (κ2) is 2.20. The molecule has 0 saturated heterocycles. The van der Waals surface area contributed by atoms with Crippen molar-refractivity contribution < 1.29 is 10.0 Å². The molecule has 0 saturated carbocycles. The summed E-state index contributed by atoms with van der Waals surface area (Å²) in [6.07, 6.45) is 2.95. The van der Waals surface area contributed by atoms with Gasteiger partial charge in [-0.05, 0) is 0 Å². The van der Waals surface area contributed by atoms with Crippen molar-refractivity contribution in [3.05, 3.63) is 12.4 Å². The lowest BCUT2D eigenvalue weighted by atomic mass is 9.92. The molecule has 0 aliphatic rings. The van der Waals surface area contributed by atoms with Crippen molar-refractivity contribution in [2.24, 2.45) is 7.05 Å². The van der Waals surface area contributed by atoms with Crippen LogP contribution in [0.2, 0.25) is 0 Å². The Morgan fingerprint density at radius 2 is 2.33 bits per heavy atom. The summed E-state index contributed by atoms with van der Waals surface area (Å²) in [4.78, 5) is 0. The summed E-state index contributed by atoms with van der Waals surface area (Å²) in [6, 6.07) is 0. The fraction of sp³-hybridized carbons (Fsp3) is 0.250. The lowest BCUT2D eigenvalue weighted by molar-refractivity contribution is 0.425. The minimum atomic E-state index is -1.40. The normalized spacial score (nSPS) is 9.67. The molecule has 1 rings (SSSR count). The molecule has 0 atom stereocenters. The number of aromatic nitrogens is 2. The van der Waals surface area contributed by atoms with Crippen molar-refractivity contribution in [1.82, 2.24) is 9.78 Å². The fourth-order valence-electron chi connectivity index (χ4n) is 0.573. The molecule has 0 amide bonds. The predicted molar refractivity (Wildman–Crippen MR) is 33.0 cm³/mol. The molecule has 0 spiro atoms. The second-order valence-corrected chi connectivity index (χ2v) is 1.82. The average molecular weight is 130 g/mol. The zero-order valence-electron chi connectivity index (χ0n) is 5.02. The standard InChI is InChI=1S/C4H7BN2O2/c1-7-3-4(2-6-7)5(8)9/h2-3,8-9H,1H3/i2+2,3+2. The van der Waals surface area contributed by atoms with Crippen LogP contribution in [0, 0.1) is 0 Å². The molecule has 0 aliphatic carbocycles. The quantitative estimate of drug-likeness (QED) is 0.436. The Morgan fingerprint density at radius 3 is 2.56 bits per heavy atom. The van der Waals surface area contributed by atoms with Gasteiger partial charge in [0.25, 0.3) is 0 Å². The van der Waals surface area contributed by atoms with Gasteiger partial charge in [-0.1, -0.05) is 0 Å². The molecule has 0 aromatic carbocycles. The monoisotopic (exact) mass is 130 g/mol. The number of hydrogen-bond acceptors (Lipinski definition) is 3. The number of aryl methyl sites for hydroxylation is 1. The van der Waals surface area contributed by atoms with E-state index in [1.54, 1.807) is 13.2 Å². The molecule has 0 aliphatic heterocycles. The maximum Gasteiger partial charge on any atom is 0.491 e. The third-order valence-electron chi connectivity index (χ3n) is 1.02. The zero-order valence-corrected chi connectivity index (χ0v) is 5.02. The predicted octanol–water partition coefficient (Wildman–Crippen LogP) is -1.90. The van der Waals surface area contributed by atoms with Crippen molar-refractivity contribution in [2.75, 3.05) is 0 Å². The van der Waals surface area contributed by atoms with Gasteiger partial charge >= 0.3 is 7.12 Å². The van der Waals surface area contributed by atoms with Crippen molar-refractivity contribution in [2.45, 2.75) is 0 Å². The Balaban J connectivity index is 2.85. The number of rotatable bonds is 1. The van der Waals surface area contributed by atoms with E-state index in [4.69, 9.17) is 10.0 Å². The van der Waals surface area contributed by atoms with E-state index in [1.807, 2.05) is 0 Å². The van der Waals surface area contributed by atoms with E-state index in [2.05, 4.69) is 5.10 Å². The van der Waals surface area contributed by atoms with Gasteiger partial charge in [0.2, 0.25) is 0 Å². The summed E-state index contributed by atoms with van der Waals surface area (Å²) in [5.41, 5.74) is 0.414. The Labute approximate surface area is 52.9 Å². The lowest BCUT2D eigenvalue weighted by Gasteiger charge is -1.87. The molecular formula is C4H7BN2O2. The number of hydrogen-bond donors (Lipinski definition) is 2. The molecule has 9 heavy (non-hydrogen) atoms. The second-order valence-electron chi connectivity index (χ2n) is 1.82. The van der Waals surface area contributed by atoms with Crippen molar-refractivity contribution in [3.63, 3.8) is 0 Å². The van der Waals surface area contributed by atoms with E-state index in [0.29, 0.717) is 5.46 Å². The summed E-state index contributed by atoms with van der Waals surface area (Å²) >= 11 is 0. The van der Waals surface area contributed by atoms with Crippen molar-refractivity contribution >= 4 is 12.6 Å². The molecule has 5 heteroatoms. The lowest BCUT2D eigenvalue weighted by Crippen LogP contribution is -2.28. The SMILES string of the molecule is Cn1[14cH]c(B(O)O)[14cH]n1. The Morgan fingerprint density at radius 1 is 1.67 bits per heavy atom. The maximum absolute atomic E-state index is 8.54. The van der Waals surface area contributed by atoms with Crippen LogP contribution in [-0.2, 0) is 7.05 Å². The minimum Gasteiger partial charge on any atom is -0.423 e. The van der Waals surface area contributed by atoms with E-state index in [9.17, 15) is 0 Å². The van der Waals surface area contributed by atoms with Crippen LogP contribution in [0.4, 0.5) is 0 Å². The first-order valence-corrected chi connectivity index (χ1v) is 2.55. The van der Waals surface area contributed by atoms with Gasteiger partial charge in [0, 0.05) is 24.9 Å². The minimum absolute atomic E-state index is 0.414. The van der Waals surface area contributed by atoms with E-state index in [-0.39, 0.29) is 0 Å². The molecule has 0 radical (unpaired) electrons. The van der Waals surface area contributed by atoms with Gasteiger partial charge in [-0.15, -0.1) is 0 Å². The topological polar surface area (TPSA) is 58.3 Å². The first-order chi connectivity index (χ1) is 4.20. The highest BCUT2D eigenvalue weighted by Crippen LogP contribution is 1.77. The fourth-order valence-corrected chi connectivity index (χ4v) is 0.573. The van der Waals surface area contributed by atoms with Crippen LogP contribution < -0.4 is 5.46 Å². The Kier molecular flexibility index (Phi) is 1.55. The van der Waals surface area contributed by atoms with Crippen LogP contribution >= 0.6 is 0 Å². The number of nitrogens with zero attached hydrogens (tertiary/aromatic N) is 2. The first kappa shape index (κ1) is 6.32. The zero-order chi connectivity index (χ0) is 6.85. The average Bonchev–Trinajstić information content (AvgIpc) is 2.14. The maximum atomic E-state index is 8.54. The highest BCUT2D eigenvalue weighted by atomic mass is 16.4. The van der Waals surface area contributed by atoms with Crippen LogP contribution in [0.3, 0.4) is 0 Å². The largest absolute Gasteiger partial charge is 0.491 e. The molecule has 0 bridgehead atoms. The van der Waals surface area contributed by atoms with Crippen LogP contribution in [0.25, 0.3) is 0 Å². The molecule has 0 unspecified atom stereocenters. The van der Waals surface area contributed by atoms with Gasteiger partial charge in [0.1, 0.15) is 0 Å². The molecule has 1 heterocycles. The van der Waals surface area contributed by atoms with Gasteiger partial charge in [-0.2, -0.15) is 5.10 Å². The summed E-state index contributed by atoms with van der Waals surface area (Å²) < 4.78 is 1.51. The van der Waals surface area contributed by atoms with Gasteiger partial charge in [0.15, 0.2) is 0 Å². The molecular weight excluding hydrogens is 123 g/mol. The molecule has 1 aromatic rings. The van der Waals surface area contributed by atoms with Gasteiger partial charge in [-0.25, -0.2) is 0 Å².